The van der Waals surface area contributed by atoms with Crippen LogP contribution in [0.1, 0.15) is 24.1 Å². The molecule has 8 nitrogen and oxygen atoms in total. The van der Waals surface area contributed by atoms with Gasteiger partial charge in [0.05, 0.1) is 42.1 Å². The molecule has 1 saturated heterocycles. The number of rotatable bonds is 8. The summed E-state index contributed by atoms with van der Waals surface area (Å²) in [7, 11) is 0. The molecule has 0 saturated carbocycles. The van der Waals surface area contributed by atoms with Crippen molar-refractivity contribution in [2.45, 2.75) is 37.1 Å². The van der Waals surface area contributed by atoms with Gasteiger partial charge >= 0.3 is 6.18 Å². The average Bonchev–Trinajstić information content (AvgIpc) is 3.26. The standard InChI is InChI=1S/C25H29F3N6O2S/c26-25(27,28)7-8-29-21(35)14-37-16-5-6-18-17(13-16)22-23(32-18)30-15-31-24(22)33-19-3-1-2-4-20(19)34-9-11-36-12-10-34/h1-4,15-16H,5-14H2,(H,29,35)(H2,30,31,32,33). The predicted molar refractivity (Wildman–Crippen MR) is 139 cm³/mol. The largest absolute Gasteiger partial charge is 0.390 e. The number of thioether (sulfide) groups is 1. The normalized spacial score (nSPS) is 18.0. The van der Waals surface area contributed by atoms with Crippen LogP contribution in [0.5, 0.6) is 0 Å². The van der Waals surface area contributed by atoms with Crippen LogP contribution in [-0.4, -0.2) is 70.9 Å². The molecule has 1 aliphatic carbocycles. The van der Waals surface area contributed by atoms with Crippen LogP contribution in [0.2, 0.25) is 0 Å². The zero-order valence-corrected chi connectivity index (χ0v) is 21.1. The van der Waals surface area contributed by atoms with Crippen molar-refractivity contribution >= 4 is 45.9 Å². The summed E-state index contributed by atoms with van der Waals surface area (Å²) in [5.74, 6) is 0.484. The number of aryl methyl sites for hydroxylation is 1. The molecule has 12 heteroatoms. The van der Waals surface area contributed by atoms with E-state index < -0.39 is 19.1 Å². The highest BCUT2D eigenvalue weighted by atomic mass is 32.2. The Labute approximate surface area is 216 Å². The van der Waals surface area contributed by atoms with Gasteiger partial charge in [0.1, 0.15) is 17.8 Å². The number of carbonyl (C=O) groups is 1. The first kappa shape index (κ1) is 25.7. The van der Waals surface area contributed by atoms with E-state index in [2.05, 4.69) is 36.6 Å². The second-order valence-electron chi connectivity index (χ2n) is 9.16. The van der Waals surface area contributed by atoms with Gasteiger partial charge in [-0.05, 0) is 37.0 Å². The van der Waals surface area contributed by atoms with E-state index in [1.807, 2.05) is 18.2 Å². The van der Waals surface area contributed by atoms with E-state index in [0.717, 1.165) is 71.8 Å². The minimum absolute atomic E-state index is 0.134. The fourth-order valence-corrected chi connectivity index (χ4v) is 5.88. The van der Waals surface area contributed by atoms with Crippen molar-refractivity contribution in [3.05, 3.63) is 41.9 Å². The molecule has 0 radical (unpaired) electrons. The number of carbonyl (C=O) groups excluding carboxylic acids is 1. The molecule has 3 aromatic rings. The zero-order valence-electron chi connectivity index (χ0n) is 20.2. The van der Waals surface area contributed by atoms with E-state index in [1.165, 1.54) is 11.8 Å². The number of hydrogen-bond acceptors (Lipinski definition) is 7. The Morgan fingerprint density at radius 3 is 2.84 bits per heavy atom. The van der Waals surface area contributed by atoms with Crippen molar-refractivity contribution in [2.75, 3.05) is 48.8 Å². The SMILES string of the molecule is O=C(CSC1CCc2[nH]c3ncnc(Nc4ccccc4N4CCOCC4)c3c2C1)NCCC(F)(F)F. The maximum atomic E-state index is 12.3. The lowest BCUT2D eigenvalue weighted by Gasteiger charge is -2.30. The van der Waals surface area contributed by atoms with Crippen molar-refractivity contribution in [1.29, 1.82) is 0 Å². The highest BCUT2D eigenvalue weighted by molar-refractivity contribution is 8.00. The molecule has 3 N–H and O–H groups in total. The van der Waals surface area contributed by atoms with Gasteiger partial charge in [-0.1, -0.05) is 12.1 Å². The lowest BCUT2D eigenvalue weighted by atomic mass is 9.95. The number of nitrogens with zero attached hydrogens (tertiary/aromatic N) is 3. The summed E-state index contributed by atoms with van der Waals surface area (Å²) >= 11 is 1.48. The number of morpholine rings is 1. The van der Waals surface area contributed by atoms with Crippen molar-refractivity contribution in [3.8, 4) is 0 Å². The number of aromatic amines is 1. The first-order chi connectivity index (χ1) is 17.9. The molecule has 5 rings (SSSR count). The molecule has 3 heterocycles. The molecule has 198 valence electrons. The molecule has 1 aromatic carbocycles. The third-order valence-corrected chi connectivity index (χ3v) is 7.92. The van der Waals surface area contributed by atoms with E-state index in [9.17, 15) is 18.0 Å². The van der Waals surface area contributed by atoms with Crippen LogP contribution in [0, 0.1) is 0 Å². The molecule has 2 aromatic heterocycles. The lowest BCUT2D eigenvalue weighted by Crippen LogP contribution is -2.36. The van der Waals surface area contributed by atoms with Crippen LogP contribution in [-0.2, 0) is 22.4 Å². The topological polar surface area (TPSA) is 95.2 Å². The number of fused-ring (bicyclic) bond motifs is 3. The first-order valence-electron chi connectivity index (χ1n) is 12.4. The molecular weight excluding hydrogens is 505 g/mol. The van der Waals surface area contributed by atoms with Crippen molar-refractivity contribution < 1.29 is 22.7 Å². The van der Waals surface area contributed by atoms with Crippen molar-refractivity contribution in [3.63, 3.8) is 0 Å². The summed E-state index contributed by atoms with van der Waals surface area (Å²) in [6.45, 7) is 2.63. The number of H-pyrrole nitrogens is 1. The van der Waals surface area contributed by atoms with E-state index in [-0.39, 0.29) is 16.9 Å². The molecular formula is C25H29F3N6O2S. The second kappa shape index (κ2) is 11.2. The van der Waals surface area contributed by atoms with Crippen LogP contribution < -0.4 is 15.5 Å². The van der Waals surface area contributed by atoms with E-state index in [4.69, 9.17) is 4.74 Å². The van der Waals surface area contributed by atoms with Crippen LogP contribution in [0.15, 0.2) is 30.6 Å². The molecule has 37 heavy (non-hydrogen) atoms. The molecule has 0 spiro atoms. The summed E-state index contributed by atoms with van der Waals surface area (Å²) < 4.78 is 42.5. The number of para-hydroxylation sites is 2. The predicted octanol–water partition coefficient (Wildman–Crippen LogP) is 4.20. The van der Waals surface area contributed by atoms with Gasteiger partial charge in [-0.2, -0.15) is 13.2 Å². The van der Waals surface area contributed by atoms with Gasteiger partial charge in [-0.3, -0.25) is 4.79 Å². The van der Waals surface area contributed by atoms with Gasteiger partial charge in [0.2, 0.25) is 5.91 Å². The van der Waals surface area contributed by atoms with Gasteiger partial charge in [-0.15, -0.1) is 11.8 Å². The Morgan fingerprint density at radius 1 is 1.22 bits per heavy atom. The quantitative estimate of drug-likeness (QED) is 0.399. The van der Waals surface area contributed by atoms with Crippen LogP contribution in [0.4, 0.5) is 30.4 Å². The second-order valence-corrected chi connectivity index (χ2v) is 10.4. The molecule has 1 amide bonds. The Morgan fingerprint density at radius 2 is 2.03 bits per heavy atom. The Hall–Kier alpha value is -2.99. The Balaban J connectivity index is 1.30. The van der Waals surface area contributed by atoms with Gasteiger partial charge < -0.3 is 25.3 Å². The van der Waals surface area contributed by atoms with E-state index >= 15 is 0 Å². The molecule has 1 atom stereocenters. The van der Waals surface area contributed by atoms with Gasteiger partial charge in [-0.25, -0.2) is 9.97 Å². The van der Waals surface area contributed by atoms with E-state index in [1.54, 1.807) is 6.33 Å². The van der Waals surface area contributed by atoms with Crippen LogP contribution >= 0.6 is 11.8 Å². The van der Waals surface area contributed by atoms with Crippen molar-refractivity contribution in [2.24, 2.45) is 0 Å². The molecule has 1 aliphatic heterocycles. The third-order valence-electron chi connectivity index (χ3n) is 6.62. The summed E-state index contributed by atoms with van der Waals surface area (Å²) in [5, 5.41) is 7.01. The maximum absolute atomic E-state index is 12.3. The number of halogens is 3. The summed E-state index contributed by atoms with van der Waals surface area (Å²) in [6, 6.07) is 8.13. The van der Waals surface area contributed by atoms with Gasteiger partial charge in [0.15, 0.2) is 0 Å². The minimum atomic E-state index is -4.27. The maximum Gasteiger partial charge on any atom is 0.390 e. The number of anilines is 3. The molecule has 2 aliphatic rings. The summed E-state index contributed by atoms with van der Waals surface area (Å²) in [5.41, 5.74) is 5.06. The van der Waals surface area contributed by atoms with Gasteiger partial charge in [0.25, 0.3) is 0 Å². The first-order valence-corrected chi connectivity index (χ1v) is 13.4. The lowest BCUT2D eigenvalue weighted by molar-refractivity contribution is -0.135. The summed E-state index contributed by atoms with van der Waals surface area (Å²) in [6.07, 6.45) is -1.34. The van der Waals surface area contributed by atoms with Crippen molar-refractivity contribution in [1.82, 2.24) is 20.3 Å². The number of hydrogen-bond donors (Lipinski definition) is 3. The number of aromatic nitrogens is 3. The zero-order chi connectivity index (χ0) is 25.8. The monoisotopic (exact) mass is 534 g/mol. The highest BCUT2D eigenvalue weighted by Gasteiger charge is 2.28. The molecule has 0 bridgehead atoms. The average molecular weight is 535 g/mol. The number of ether oxygens (including phenoxy) is 1. The van der Waals surface area contributed by atoms with Crippen LogP contribution in [0.3, 0.4) is 0 Å². The number of amides is 1. The van der Waals surface area contributed by atoms with E-state index in [0.29, 0.717) is 13.2 Å². The van der Waals surface area contributed by atoms with Gasteiger partial charge in [0, 0.05) is 30.6 Å². The molecule has 1 unspecified atom stereocenters. The smallest absolute Gasteiger partial charge is 0.378 e. The Kier molecular flexibility index (Phi) is 7.75. The summed E-state index contributed by atoms with van der Waals surface area (Å²) in [4.78, 5) is 26.8. The number of nitrogens with one attached hydrogen (secondary N) is 3. The number of alkyl halides is 3. The minimum Gasteiger partial charge on any atom is -0.378 e. The fourth-order valence-electron chi connectivity index (χ4n) is 4.82. The fraction of sp³-hybridized carbons (Fsp3) is 0.480. The van der Waals surface area contributed by atoms with Crippen LogP contribution in [0.25, 0.3) is 11.0 Å². The highest BCUT2D eigenvalue weighted by Crippen LogP contribution is 2.37. The third kappa shape index (κ3) is 6.30. The Bertz CT molecular complexity index is 1240. The number of benzene rings is 1. The molecule has 1 fully saturated rings.